The molecule has 0 spiro atoms. The summed E-state index contributed by atoms with van der Waals surface area (Å²) in [5, 5.41) is 4.09. The van der Waals surface area contributed by atoms with E-state index in [0.717, 1.165) is 11.3 Å². The van der Waals surface area contributed by atoms with Crippen molar-refractivity contribution in [3.05, 3.63) is 66.8 Å². The van der Waals surface area contributed by atoms with Crippen molar-refractivity contribution in [2.45, 2.75) is 19.9 Å². The van der Waals surface area contributed by atoms with E-state index in [9.17, 15) is 4.79 Å². The maximum absolute atomic E-state index is 12.1. The van der Waals surface area contributed by atoms with E-state index < -0.39 is 0 Å². The van der Waals surface area contributed by atoms with Gasteiger partial charge in [-0.3, -0.25) is 4.79 Å². The highest BCUT2D eigenvalue weighted by Crippen LogP contribution is 2.20. The van der Waals surface area contributed by atoms with E-state index in [2.05, 4.69) is 10.1 Å². The number of aromatic nitrogens is 3. The average molecular weight is 296 g/mol. The molecule has 0 unspecified atom stereocenters. The van der Waals surface area contributed by atoms with Crippen molar-refractivity contribution in [1.29, 1.82) is 0 Å². The Balaban J connectivity index is 2.09. The molecule has 1 amide bonds. The molecule has 1 heterocycles. The summed E-state index contributed by atoms with van der Waals surface area (Å²) in [5.74, 6) is -0.0223. The van der Waals surface area contributed by atoms with Crippen molar-refractivity contribution >= 4 is 5.91 Å². The molecule has 2 aromatic rings. The van der Waals surface area contributed by atoms with E-state index >= 15 is 0 Å². The molecule has 0 radical (unpaired) electrons. The molecule has 5 heteroatoms. The number of hydrogen-bond acceptors (Lipinski definition) is 3. The van der Waals surface area contributed by atoms with Gasteiger partial charge in [-0.05, 0) is 31.5 Å². The van der Waals surface area contributed by atoms with E-state index in [1.165, 1.54) is 6.33 Å². The second-order valence-electron chi connectivity index (χ2n) is 4.94. The third kappa shape index (κ3) is 3.69. The van der Waals surface area contributed by atoms with Crippen molar-refractivity contribution in [3.63, 3.8) is 0 Å². The SMILES string of the molecule is C/C=C/C=C/C(=O)N(C)[C@@H](C)c1ccc(-n2cncn2)cc1. The molecule has 0 bridgehead atoms. The van der Waals surface area contributed by atoms with Crippen LogP contribution in [0, 0.1) is 0 Å². The standard InChI is InChI=1S/C17H20N4O/c1-4-5-6-7-17(22)20(3)14(2)15-8-10-16(11-9-15)21-13-18-12-19-21/h4-14H,1-3H3/b5-4+,7-6+/t14-/m0/s1. The molecule has 1 aromatic carbocycles. The van der Waals surface area contributed by atoms with Crippen LogP contribution in [0.25, 0.3) is 5.69 Å². The number of benzene rings is 1. The molecule has 1 aromatic heterocycles. The molecule has 1 atom stereocenters. The fraction of sp³-hybridized carbons (Fsp3) is 0.235. The van der Waals surface area contributed by atoms with E-state index in [1.807, 2.05) is 50.3 Å². The summed E-state index contributed by atoms with van der Waals surface area (Å²) in [4.78, 5) is 17.7. The van der Waals surface area contributed by atoms with Gasteiger partial charge in [0.05, 0.1) is 11.7 Å². The average Bonchev–Trinajstić information content (AvgIpc) is 3.08. The predicted molar refractivity (Wildman–Crippen MR) is 86.5 cm³/mol. The lowest BCUT2D eigenvalue weighted by Crippen LogP contribution is -2.27. The van der Waals surface area contributed by atoms with Crippen molar-refractivity contribution in [2.24, 2.45) is 0 Å². The minimum atomic E-state index is -0.0223. The first-order valence-electron chi connectivity index (χ1n) is 7.14. The van der Waals surface area contributed by atoms with Gasteiger partial charge in [-0.2, -0.15) is 5.10 Å². The Labute approximate surface area is 130 Å². The smallest absolute Gasteiger partial charge is 0.246 e. The normalized spacial score (nSPS) is 12.9. The van der Waals surface area contributed by atoms with Crippen molar-refractivity contribution in [2.75, 3.05) is 7.05 Å². The summed E-state index contributed by atoms with van der Waals surface area (Å²) in [6.45, 7) is 3.92. The Hall–Kier alpha value is -2.69. The first-order valence-corrected chi connectivity index (χ1v) is 7.14. The van der Waals surface area contributed by atoms with Crippen LogP contribution in [0.1, 0.15) is 25.5 Å². The van der Waals surface area contributed by atoms with Crippen LogP contribution in [0.5, 0.6) is 0 Å². The molecule has 0 saturated heterocycles. The second kappa shape index (κ2) is 7.36. The number of carbonyl (C=O) groups is 1. The molecule has 5 nitrogen and oxygen atoms in total. The number of allylic oxidation sites excluding steroid dienone is 3. The van der Waals surface area contributed by atoms with Gasteiger partial charge in [0.15, 0.2) is 0 Å². The monoisotopic (exact) mass is 296 g/mol. The topological polar surface area (TPSA) is 51.0 Å². The molecule has 2 rings (SSSR count). The zero-order valence-corrected chi connectivity index (χ0v) is 13.0. The van der Waals surface area contributed by atoms with Crippen LogP contribution in [0.4, 0.5) is 0 Å². The zero-order valence-electron chi connectivity index (χ0n) is 13.0. The summed E-state index contributed by atoms with van der Waals surface area (Å²) >= 11 is 0. The van der Waals surface area contributed by atoms with Crippen LogP contribution < -0.4 is 0 Å². The van der Waals surface area contributed by atoms with Crippen LogP contribution in [0.2, 0.25) is 0 Å². The lowest BCUT2D eigenvalue weighted by atomic mass is 10.1. The molecule has 0 fully saturated rings. The summed E-state index contributed by atoms with van der Waals surface area (Å²) < 4.78 is 1.70. The number of carbonyl (C=O) groups excluding carboxylic acids is 1. The molecular weight excluding hydrogens is 276 g/mol. The van der Waals surface area contributed by atoms with Crippen LogP contribution >= 0.6 is 0 Å². The van der Waals surface area contributed by atoms with Gasteiger partial charge in [0.2, 0.25) is 5.91 Å². The number of hydrogen-bond donors (Lipinski definition) is 0. The molecule has 0 aliphatic rings. The van der Waals surface area contributed by atoms with Crippen LogP contribution in [-0.2, 0) is 4.79 Å². The number of likely N-dealkylation sites (N-methyl/N-ethyl adjacent to an activating group) is 1. The highest BCUT2D eigenvalue weighted by Gasteiger charge is 2.15. The Kier molecular flexibility index (Phi) is 5.25. The van der Waals surface area contributed by atoms with Gasteiger partial charge in [0.25, 0.3) is 0 Å². The molecule has 0 saturated carbocycles. The minimum Gasteiger partial charge on any atom is -0.335 e. The fourth-order valence-electron chi connectivity index (χ4n) is 2.03. The summed E-state index contributed by atoms with van der Waals surface area (Å²) in [6.07, 6.45) is 10.2. The Bertz CT molecular complexity index is 656. The number of rotatable bonds is 5. The Morgan fingerprint density at radius 1 is 1.27 bits per heavy atom. The summed E-state index contributed by atoms with van der Waals surface area (Å²) in [7, 11) is 1.80. The molecule has 22 heavy (non-hydrogen) atoms. The minimum absolute atomic E-state index is 0.00690. The lowest BCUT2D eigenvalue weighted by molar-refractivity contribution is -0.126. The highest BCUT2D eigenvalue weighted by atomic mass is 16.2. The van der Waals surface area contributed by atoms with Crippen LogP contribution in [-0.4, -0.2) is 32.6 Å². The van der Waals surface area contributed by atoms with Crippen molar-refractivity contribution < 1.29 is 4.79 Å². The molecular formula is C17H20N4O. The van der Waals surface area contributed by atoms with E-state index in [1.54, 1.807) is 35.1 Å². The maximum Gasteiger partial charge on any atom is 0.246 e. The quantitative estimate of drug-likeness (QED) is 0.629. The zero-order chi connectivity index (χ0) is 15.9. The third-order valence-electron chi connectivity index (χ3n) is 3.53. The maximum atomic E-state index is 12.1. The molecule has 0 aliphatic heterocycles. The summed E-state index contributed by atoms with van der Waals surface area (Å²) in [6, 6.07) is 7.93. The van der Waals surface area contributed by atoms with Gasteiger partial charge < -0.3 is 4.90 Å². The van der Waals surface area contributed by atoms with Gasteiger partial charge in [0, 0.05) is 13.1 Å². The Morgan fingerprint density at radius 2 is 2.00 bits per heavy atom. The van der Waals surface area contributed by atoms with E-state index in [-0.39, 0.29) is 11.9 Å². The van der Waals surface area contributed by atoms with Gasteiger partial charge in [-0.15, -0.1) is 0 Å². The van der Waals surface area contributed by atoms with Crippen LogP contribution in [0.15, 0.2) is 61.2 Å². The predicted octanol–water partition coefficient (Wildman–Crippen LogP) is 2.92. The summed E-state index contributed by atoms with van der Waals surface area (Å²) in [5.41, 5.74) is 2.01. The molecule has 114 valence electrons. The van der Waals surface area contributed by atoms with Crippen molar-refractivity contribution in [1.82, 2.24) is 19.7 Å². The van der Waals surface area contributed by atoms with Gasteiger partial charge >= 0.3 is 0 Å². The van der Waals surface area contributed by atoms with E-state index in [0.29, 0.717) is 0 Å². The molecule has 0 aliphatic carbocycles. The van der Waals surface area contributed by atoms with Gasteiger partial charge in [-0.1, -0.05) is 30.4 Å². The van der Waals surface area contributed by atoms with Gasteiger partial charge in [0.1, 0.15) is 12.7 Å². The first-order chi connectivity index (χ1) is 10.6. The number of amides is 1. The largest absolute Gasteiger partial charge is 0.335 e. The van der Waals surface area contributed by atoms with Crippen molar-refractivity contribution in [3.8, 4) is 5.69 Å². The van der Waals surface area contributed by atoms with E-state index in [4.69, 9.17) is 0 Å². The molecule has 0 N–H and O–H groups in total. The fourth-order valence-corrected chi connectivity index (χ4v) is 2.03. The highest BCUT2D eigenvalue weighted by molar-refractivity contribution is 5.88. The lowest BCUT2D eigenvalue weighted by Gasteiger charge is -2.24. The second-order valence-corrected chi connectivity index (χ2v) is 4.94. The Morgan fingerprint density at radius 3 is 2.59 bits per heavy atom. The third-order valence-corrected chi connectivity index (χ3v) is 3.53. The first kappa shape index (κ1) is 15.7. The number of nitrogens with zero attached hydrogens (tertiary/aromatic N) is 4. The van der Waals surface area contributed by atoms with Gasteiger partial charge in [-0.25, -0.2) is 9.67 Å². The van der Waals surface area contributed by atoms with Crippen LogP contribution in [0.3, 0.4) is 0 Å².